The number of Topliss-reactive ketones (excluding diaryl/α,β-unsaturated/α-hetero) is 1. The Kier molecular flexibility index (Phi) is 2.64. The van der Waals surface area contributed by atoms with Gasteiger partial charge in [0.2, 0.25) is 0 Å². The number of halogens is 3. The van der Waals surface area contributed by atoms with Crippen LogP contribution in [0, 0.1) is 0 Å². The predicted octanol–water partition coefficient (Wildman–Crippen LogP) is 1.78. The number of allylic oxidation sites excluding steroid dienone is 1. The third-order valence-electron chi connectivity index (χ3n) is 1.46. The molecule has 0 aliphatic rings. The molecule has 1 heterocycles. The first-order valence-corrected chi connectivity index (χ1v) is 3.50. The van der Waals surface area contributed by atoms with E-state index in [2.05, 4.69) is 16.8 Å². The number of hydrogen-bond donors (Lipinski definition) is 0. The van der Waals surface area contributed by atoms with E-state index in [0.717, 1.165) is 18.5 Å². The molecule has 14 heavy (non-hydrogen) atoms. The number of alkyl halides is 3. The molecule has 0 aliphatic carbocycles. The quantitative estimate of drug-likeness (QED) is 0.542. The lowest BCUT2D eigenvalue weighted by Gasteiger charge is -2.07. The van der Waals surface area contributed by atoms with E-state index in [-0.39, 0.29) is 5.56 Å². The van der Waals surface area contributed by atoms with Crippen LogP contribution in [0.15, 0.2) is 30.6 Å². The molecule has 0 unspecified atom stereocenters. The first-order valence-electron chi connectivity index (χ1n) is 3.50. The van der Waals surface area contributed by atoms with Crippen molar-refractivity contribution in [2.24, 2.45) is 0 Å². The number of carbonyl (C=O) groups excluding carboxylic acids is 1. The van der Waals surface area contributed by atoms with Gasteiger partial charge in [0.25, 0.3) is 0 Å². The second-order valence-corrected chi connectivity index (χ2v) is 2.44. The van der Waals surface area contributed by atoms with E-state index in [1.807, 2.05) is 0 Å². The van der Waals surface area contributed by atoms with Gasteiger partial charge in [-0.25, -0.2) is 0 Å². The molecule has 3 nitrogen and oxygen atoms in total. The summed E-state index contributed by atoms with van der Waals surface area (Å²) in [6.07, 6.45) is -2.61. The summed E-state index contributed by atoms with van der Waals surface area (Å²) in [6.45, 7) is 2.68. The molecule has 0 atom stereocenters. The van der Waals surface area contributed by atoms with Gasteiger partial charge in [0.15, 0.2) is 5.78 Å². The number of ketones is 1. The van der Waals surface area contributed by atoms with Crippen LogP contribution in [-0.2, 0) is 0 Å². The molecule has 6 heteroatoms. The number of rotatable bonds is 2. The van der Waals surface area contributed by atoms with Crippen LogP contribution in [0.1, 0.15) is 10.4 Å². The Hall–Kier alpha value is -1.72. The average molecular weight is 202 g/mol. The van der Waals surface area contributed by atoms with Crippen LogP contribution in [0.2, 0.25) is 0 Å². The van der Waals surface area contributed by atoms with Crippen LogP contribution < -0.4 is 0 Å². The fraction of sp³-hybridized carbons (Fsp3) is 0.125. The fourth-order valence-electron chi connectivity index (χ4n) is 0.728. The van der Waals surface area contributed by atoms with Gasteiger partial charge in [-0.2, -0.15) is 23.4 Å². The van der Waals surface area contributed by atoms with Gasteiger partial charge in [0.1, 0.15) is 0 Å². The molecule has 0 spiro atoms. The first kappa shape index (κ1) is 10.4. The lowest BCUT2D eigenvalue weighted by molar-refractivity contribution is -0.0883. The van der Waals surface area contributed by atoms with Crippen molar-refractivity contribution in [3.8, 4) is 0 Å². The Balaban J connectivity index is 2.93. The molecule has 0 aromatic carbocycles. The summed E-state index contributed by atoms with van der Waals surface area (Å²) in [5.41, 5.74) is -1.59. The zero-order valence-corrected chi connectivity index (χ0v) is 6.88. The van der Waals surface area contributed by atoms with Crippen molar-refractivity contribution in [2.75, 3.05) is 0 Å². The highest BCUT2D eigenvalue weighted by Crippen LogP contribution is 2.26. The van der Waals surface area contributed by atoms with Crippen LogP contribution in [0.3, 0.4) is 0 Å². The molecule has 0 saturated carbocycles. The van der Waals surface area contributed by atoms with Gasteiger partial charge in [0.05, 0.1) is 18.0 Å². The van der Waals surface area contributed by atoms with E-state index in [1.54, 1.807) is 0 Å². The molecular weight excluding hydrogens is 197 g/mol. The summed E-state index contributed by atoms with van der Waals surface area (Å²) in [5.74, 6) is -1.19. The Bertz CT molecular complexity index is 359. The van der Waals surface area contributed by atoms with E-state index in [0.29, 0.717) is 0 Å². The highest BCUT2D eigenvalue weighted by atomic mass is 19.4. The van der Waals surface area contributed by atoms with E-state index in [9.17, 15) is 18.0 Å². The van der Waals surface area contributed by atoms with Crippen LogP contribution >= 0.6 is 0 Å². The van der Waals surface area contributed by atoms with Gasteiger partial charge in [-0.1, -0.05) is 6.58 Å². The molecular formula is C8H5F3N2O. The molecule has 0 saturated heterocycles. The Morgan fingerprint density at radius 2 is 2.00 bits per heavy atom. The Morgan fingerprint density at radius 3 is 2.43 bits per heavy atom. The second kappa shape index (κ2) is 3.57. The van der Waals surface area contributed by atoms with Crippen LogP contribution in [0.25, 0.3) is 0 Å². The van der Waals surface area contributed by atoms with Gasteiger partial charge in [-0.05, 0) is 6.07 Å². The highest BCUT2D eigenvalue weighted by molar-refractivity contribution is 6.08. The standard InChI is InChI=1S/C8H5F3N2O/c1-5(8(9,10)11)7(14)6-2-3-12-13-4-6/h2-4H,1H2. The van der Waals surface area contributed by atoms with Gasteiger partial charge >= 0.3 is 6.18 Å². The summed E-state index contributed by atoms with van der Waals surface area (Å²) < 4.78 is 36.1. The first-order chi connectivity index (χ1) is 6.43. The molecule has 0 radical (unpaired) electrons. The molecule has 1 rings (SSSR count). The minimum absolute atomic E-state index is 0.178. The van der Waals surface area contributed by atoms with E-state index in [1.165, 1.54) is 0 Å². The average Bonchev–Trinajstić information content (AvgIpc) is 2.15. The highest BCUT2D eigenvalue weighted by Gasteiger charge is 2.37. The predicted molar refractivity (Wildman–Crippen MR) is 41.6 cm³/mol. The number of aromatic nitrogens is 2. The summed E-state index contributed by atoms with van der Waals surface area (Å²) in [6, 6.07) is 1.15. The maximum absolute atomic E-state index is 12.0. The minimum Gasteiger partial charge on any atom is -0.289 e. The van der Waals surface area contributed by atoms with Gasteiger partial charge in [0, 0.05) is 5.56 Å². The summed E-state index contributed by atoms with van der Waals surface area (Å²) >= 11 is 0. The molecule has 0 amide bonds. The third kappa shape index (κ3) is 2.15. The Labute approximate surface area is 77.3 Å². The van der Waals surface area contributed by atoms with Crippen LogP contribution in [-0.4, -0.2) is 22.2 Å². The summed E-state index contributed by atoms with van der Waals surface area (Å²) in [4.78, 5) is 11.1. The summed E-state index contributed by atoms with van der Waals surface area (Å²) in [5, 5.41) is 6.63. The molecule has 0 bridgehead atoms. The zero-order chi connectivity index (χ0) is 10.8. The lowest BCUT2D eigenvalue weighted by Crippen LogP contribution is -2.19. The molecule has 1 aromatic heterocycles. The minimum atomic E-state index is -4.71. The molecule has 0 aliphatic heterocycles. The topological polar surface area (TPSA) is 42.9 Å². The molecule has 74 valence electrons. The zero-order valence-electron chi connectivity index (χ0n) is 6.88. The molecule has 0 fully saturated rings. The summed E-state index contributed by atoms with van der Waals surface area (Å²) in [7, 11) is 0. The van der Waals surface area contributed by atoms with Crippen molar-refractivity contribution in [2.45, 2.75) is 6.18 Å². The SMILES string of the molecule is C=C(C(=O)c1ccnnc1)C(F)(F)F. The van der Waals surface area contributed by atoms with Crippen LogP contribution in [0.4, 0.5) is 13.2 Å². The van der Waals surface area contributed by atoms with Crippen LogP contribution in [0.5, 0.6) is 0 Å². The van der Waals surface area contributed by atoms with Crippen molar-refractivity contribution in [1.82, 2.24) is 10.2 Å². The van der Waals surface area contributed by atoms with Gasteiger partial charge in [-0.3, -0.25) is 4.79 Å². The normalized spacial score (nSPS) is 11.1. The molecule has 0 N–H and O–H groups in total. The van der Waals surface area contributed by atoms with Crippen molar-refractivity contribution in [3.63, 3.8) is 0 Å². The van der Waals surface area contributed by atoms with E-state index >= 15 is 0 Å². The van der Waals surface area contributed by atoms with Gasteiger partial charge in [-0.15, -0.1) is 0 Å². The Morgan fingerprint density at radius 1 is 1.36 bits per heavy atom. The largest absolute Gasteiger partial charge is 0.419 e. The lowest BCUT2D eigenvalue weighted by atomic mass is 10.1. The smallest absolute Gasteiger partial charge is 0.289 e. The molecule has 1 aromatic rings. The van der Waals surface area contributed by atoms with Crippen molar-refractivity contribution < 1.29 is 18.0 Å². The van der Waals surface area contributed by atoms with E-state index in [4.69, 9.17) is 0 Å². The third-order valence-corrected chi connectivity index (χ3v) is 1.46. The number of carbonyl (C=O) groups is 1. The van der Waals surface area contributed by atoms with Crippen molar-refractivity contribution in [3.05, 3.63) is 36.2 Å². The number of hydrogen-bond acceptors (Lipinski definition) is 3. The maximum atomic E-state index is 12.0. The van der Waals surface area contributed by atoms with Crippen molar-refractivity contribution in [1.29, 1.82) is 0 Å². The fourth-order valence-corrected chi connectivity index (χ4v) is 0.728. The number of nitrogens with zero attached hydrogens (tertiary/aromatic N) is 2. The van der Waals surface area contributed by atoms with Gasteiger partial charge < -0.3 is 0 Å². The second-order valence-electron chi connectivity index (χ2n) is 2.44. The van der Waals surface area contributed by atoms with Crippen molar-refractivity contribution >= 4 is 5.78 Å². The monoisotopic (exact) mass is 202 g/mol. The maximum Gasteiger partial charge on any atom is 0.419 e. The van der Waals surface area contributed by atoms with E-state index < -0.39 is 17.5 Å².